The van der Waals surface area contributed by atoms with Gasteiger partial charge in [-0.05, 0) is 185 Å². The average molecular weight is 1840 g/mol. The number of aromatic nitrogens is 4. The molecule has 4 aromatic rings. The fraction of sp³-hybridized carbons (Fsp3) is 0.680. The highest BCUT2D eigenvalue weighted by atomic mass is 79.9. The Morgan fingerprint density at radius 2 is 0.977 bits per heavy atom. The number of ether oxygens (including phenoxy) is 2. The molecule has 2 aromatic heterocycles. The van der Waals surface area contributed by atoms with Gasteiger partial charge >= 0.3 is 0 Å². The molecule has 4 aliphatic heterocycles. The number of allylic oxidation sites excluding steroid dienone is 2. The number of aliphatic hydroxyl groups excluding tert-OH is 1. The summed E-state index contributed by atoms with van der Waals surface area (Å²) < 4.78 is 72.3. The monoisotopic (exact) mass is 1850 g/mol. The van der Waals surface area contributed by atoms with Crippen LogP contribution in [0.2, 0.25) is 0 Å². The molecule has 9 aliphatic rings. The molecule has 28 nitrogen and oxygen atoms in total. The number of nitrogens with zero attached hydrogens (tertiary/aromatic N) is 9. The van der Waals surface area contributed by atoms with Gasteiger partial charge in [-0.3, -0.25) is 47.3 Å². The lowest BCUT2D eigenvalue weighted by Gasteiger charge is -2.31. The molecule has 0 bridgehead atoms. The fourth-order valence-electron chi connectivity index (χ4n) is 17.9. The van der Waals surface area contributed by atoms with Gasteiger partial charge in [-0.2, -0.15) is 9.97 Å². The minimum absolute atomic E-state index is 0.0403. The normalized spacial score (nSPS) is 25.8. The zero-order valence-corrected chi connectivity index (χ0v) is 80.9. The number of carbonyl (C=O) groups excluding carboxylic acids is 6. The molecule has 12 atom stereocenters. The number of hydrogen-bond acceptors (Lipinski definition) is 18. The molecule has 2 saturated heterocycles. The van der Waals surface area contributed by atoms with Crippen molar-refractivity contribution in [2.45, 2.75) is 266 Å². The predicted octanol–water partition coefficient (Wildman–Crippen LogP) is 0.520. The molecule has 131 heavy (non-hydrogen) atoms. The highest BCUT2D eigenvalue weighted by Gasteiger charge is 2.65. The Balaban J connectivity index is 0.000000234. The molecule has 0 unspecified atom stereocenters. The van der Waals surface area contributed by atoms with E-state index in [-0.39, 0.29) is 98.7 Å². The number of carbonyl (C=O) groups is 6. The number of azide groups is 1. The van der Waals surface area contributed by atoms with Crippen LogP contribution in [0.1, 0.15) is 209 Å². The Morgan fingerprint density at radius 1 is 0.588 bits per heavy atom. The van der Waals surface area contributed by atoms with Crippen LogP contribution in [-0.4, -0.2) is 357 Å². The first-order valence-electron chi connectivity index (χ1n) is 45.7. The van der Waals surface area contributed by atoms with Crippen molar-refractivity contribution < 1.29 is 60.2 Å². The fourth-order valence-corrected chi connectivity index (χ4v) is 20.9. The Labute approximate surface area is 808 Å². The van der Waals surface area contributed by atoms with Crippen molar-refractivity contribution in [2.75, 3.05) is 34.3 Å². The van der Waals surface area contributed by atoms with Gasteiger partial charge in [0.05, 0.1) is 39.3 Å². The van der Waals surface area contributed by atoms with E-state index in [9.17, 15) is 45.6 Å². The van der Waals surface area contributed by atoms with Crippen molar-refractivity contribution in [1.29, 1.82) is 0 Å². The lowest BCUT2D eigenvalue weighted by molar-refractivity contribution is -0.142. The minimum Gasteiger partial charge on any atom is -0.459 e. The van der Waals surface area contributed by atoms with Gasteiger partial charge in [-0.1, -0.05) is 100.0 Å². The summed E-state index contributed by atoms with van der Waals surface area (Å²) in [5.74, 6) is -4.12. The van der Waals surface area contributed by atoms with Crippen molar-refractivity contribution >= 4 is 278 Å². The third kappa shape index (κ3) is 27.5. The van der Waals surface area contributed by atoms with Crippen LogP contribution in [0.3, 0.4) is 0 Å². The topological polar surface area (TPSA) is 372 Å². The number of para-hydroxylation sites is 2. The molecule has 6 heterocycles. The molecule has 0 spiro atoms. The van der Waals surface area contributed by atoms with Gasteiger partial charge in [0.25, 0.3) is 23.8 Å². The highest BCUT2D eigenvalue weighted by molar-refractivity contribution is 9.10. The Bertz CT molecular complexity index is 4890. The molecular formula is C75H110B25BrN15O13S2. The number of sulfonamides is 2. The average Bonchev–Trinajstić information content (AvgIpc) is 1.56. The summed E-state index contributed by atoms with van der Waals surface area (Å²) in [6.45, 7) is 15.3. The minimum atomic E-state index is -3.93. The summed E-state index contributed by atoms with van der Waals surface area (Å²) in [5, 5.41) is 23.3. The molecular weight excluding hydrogens is 1730 g/mol. The van der Waals surface area contributed by atoms with Crippen LogP contribution in [-0.2, 0) is 48.8 Å². The second-order valence-electron chi connectivity index (χ2n) is 37.4. The van der Waals surface area contributed by atoms with Gasteiger partial charge in [0.15, 0.2) is 0 Å². The van der Waals surface area contributed by atoms with E-state index in [1.165, 1.54) is 32.7 Å². The summed E-state index contributed by atoms with van der Waals surface area (Å²) in [5.41, 5.74) is 9.46. The number of aliphatic hydroxyl groups is 1. The standard InChI is InChI=1S/C33H44BrN5O6S.C33H44N8O6S.C8H18N2.CH4O.B13.B12/c1-20(2)39-25-14-10-13-24(34)27(25)35-31(39)45-23-17-26-28(40)36-33(30(42)37-46(43,44)32(4)15-16-32)18-22(33)12-9-7-5-6-8-11-21(3)29(41)38(26)19-23;1-20(2)41-25-14-10-13-24(37-39-34)27(25)35-31(41)47-23-17-26-28(42)36-33(30(44)38-48(45,46)32(4)15-16-32)18-22(33)12-9-7-5-6-8-11-21(3)29(43)40(26)19-23;1-9-7-5-3-4-6-8(7)10-2;1-2;1-8-12(9(2)3)13(10(4)5)11(6)7;1-8(2)11(7)12(9(3)4)10(5)6/h9-10,12-14,20-23,26H,5-8,11,15-19H2,1-4H3,(H,36,40)(H,37,42);9-10,12-14,20-23,26H,5-8,11,15-19H2,1-4H3,(H,36,42)(H,38,44);7-10H,3-6H2,1-2H3;2H,1H3;;/b2*12-9-;;;;/t2*21-,22+,23+,26-,33+;7-,8-;;;/m001.../s1. The van der Waals surface area contributed by atoms with Crippen LogP contribution in [0.15, 0.2) is 70.3 Å². The van der Waals surface area contributed by atoms with Gasteiger partial charge in [0.2, 0.25) is 43.7 Å². The van der Waals surface area contributed by atoms with Crippen LogP contribution >= 0.6 is 15.9 Å². The lowest BCUT2D eigenvalue weighted by Crippen LogP contribution is -2.69. The van der Waals surface area contributed by atoms with Crippen LogP contribution < -0.4 is 40.2 Å². The SMILES string of the molecule is CC(C)n1c(O[C@@H]2C[C@H]3C(=O)N[C@]4(C(=O)NS(=O)(=O)C5(C)CC5)C[C@H]4/C=C\CCCCC[C@H](C)C(=O)N3C2)nc2c(Br)cccc21.CC(C)n1c(O[C@@H]2C[C@H]3C(=O)N[C@]4(C(=O)NS(=O)(=O)C5(C)CC5)C[C@H]4/C=C\CCCCC[C@H](C)C(=O)N3C2)nc2c(N=[N+]=[N-])cccc21.CN[C@@H]1CCCC[C@H]1NC.CO.[B]B([B])B([B])B(B([B])[B])B([B])[B].[B][B]B(B([B])[B])B(B([B])[B])B([B])[B]. The first-order valence-corrected chi connectivity index (χ1v) is 49.4. The largest absolute Gasteiger partial charge is 0.459 e. The Kier molecular flexibility index (Phi) is 41.2. The van der Waals surface area contributed by atoms with Crippen LogP contribution in [0.5, 0.6) is 12.0 Å². The molecule has 56 heteroatoms. The van der Waals surface area contributed by atoms with Crippen molar-refractivity contribution in [3.8, 4) is 12.0 Å². The molecule has 13 rings (SSSR count). The number of fused-ring (bicyclic) bond motifs is 6. The van der Waals surface area contributed by atoms with Crippen LogP contribution in [0, 0.1) is 23.7 Å². The Morgan fingerprint density at radius 3 is 1.32 bits per heavy atom. The summed E-state index contributed by atoms with van der Waals surface area (Å²) >= 11 is 3.59. The third-order valence-corrected chi connectivity index (χ3v) is 31.8. The maximum atomic E-state index is 14.2. The van der Waals surface area contributed by atoms with Gasteiger partial charge < -0.3 is 45.6 Å². The van der Waals surface area contributed by atoms with E-state index in [0.717, 1.165) is 79.5 Å². The molecule has 5 aliphatic carbocycles. The maximum absolute atomic E-state index is 14.2. The van der Waals surface area contributed by atoms with E-state index in [1.54, 1.807) is 35.8 Å². The molecule has 657 valence electrons. The number of likely N-dealkylation sites (N-methyl/N-ethyl adjacent to an activating group) is 2. The highest BCUT2D eigenvalue weighted by Crippen LogP contribution is 2.50. The van der Waals surface area contributed by atoms with Crippen molar-refractivity contribution in [2.24, 2.45) is 28.8 Å². The summed E-state index contributed by atoms with van der Waals surface area (Å²) in [6.07, 6.45) is 17.4. The quantitative estimate of drug-likeness (QED) is 0.0165. The van der Waals surface area contributed by atoms with Gasteiger partial charge in [0.1, 0.15) is 46.4 Å². The first kappa shape index (κ1) is 111. The van der Waals surface area contributed by atoms with E-state index in [1.807, 2.05) is 99.2 Å². The molecule has 7 N–H and O–H groups in total. The second kappa shape index (κ2) is 48.7. The molecule has 5 saturated carbocycles. The van der Waals surface area contributed by atoms with E-state index < -0.39 is 146 Å². The number of amides is 6. The van der Waals surface area contributed by atoms with Crippen LogP contribution in [0.4, 0.5) is 5.69 Å². The zero-order chi connectivity index (χ0) is 97.3. The van der Waals surface area contributed by atoms with Gasteiger partial charge in [-0.25, -0.2) is 16.8 Å². The van der Waals surface area contributed by atoms with Crippen molar-refractivity contribution in [1.82, 2.24) is 59.6 Å². The van der Waals surface area contributed by atoms with Crippen LogP contribution in [0.25, 0.3) is 32.5 Å². The molecule has 7 fully saturated rings. The van der Waals surface area contributed by atoms with E-state index in [2.05, 4.69) is 75.7 Å². The Hall–Kier alpha value is -5.53. The number of hydrogen-bond donors (Lipinski definition) is 7. The van der Waals surface area contributed by atoms with E-state index in [0.29, 0.717) is 67.8 Å². The maximum Gasteiger partial charge on any atom is 0.297 e. The number of imidazole rings is 2. The summed E-state index contributed by atoms with van der Waals surface area (Å²) in [6, 6.07) is 11.4. The van der Waals surface area contributed by atoms with E-state index >= 15 is 0 Å². The van der Waals surface area contributed by atoms with Gasteiger partial charge in [-0.15, -0.1) is 0 Å². The predicted molar refractivity (Wildman–Crippen MR) is 552 cm³/mol. The molecule has 29 radical (unpaired) electrons. The summed E-state index contributed by atoms with van der Waals surface area (Å²) in [7, 11) is 74.7. The molecule has 2 aromatic carbocycles. The lowest BCUT2D eigenvalue weighted by atomic mass is 8.50. The zero-order valence-electron chi connectivity index (χ0n) is 77.7. The van der Waals surface area contributed by atoms with E-state index in [4.69, 9.17) is 133 Å². The summed E-state index contributed by atoms with van der Waals surface area (Å²) in [4.78, 5) is 98.9. The number of nitrogens with one attached hydrogen (secondary N) is 6. The number of benzene rings is 2. The van der Waals surface area contributed by atoms with Crippen molar-refractivity contribution in [3.05, 3.63) is 75.6 Å². The van der Waals surface area contributed by atoms with Crippen molar-refractivity contribution in [3.63, 3.8) is 0 Å². The molecule has 6 amide bonds. The van der Waals surface area contributed by atoms with Gasteiger partial charge in [0, 0.05) is 256 Å². The first-order chi connectivity index (χ1) is 61.7. The number of halogens is 1. The second-order valence-corrected chi connectivity index (χ2v) is 42.7. The number of rotatable bonds is 24. The smallest absolute Gasteiger partial charge is 0.297 e. The third-order valence-electron chi connectivity index (χ3n) is 26.8.